The molecule has 4 rings (SSSR count). The molecule has 2 aromatic rings. The predicted octanol–water partition coefficient (Wildman–Crippen LogP) is 4.25. The molecule has 1 unspecified atom stereocenters. The van der Waals surface area contributed by atoms with Gasteiger partial charge in [0.25, 0.3) is 0 Å². The molecule has 35 heavy (non-hydrogen) atoms. The fourth-order valence-electron chi connectivity index (χ4n) is 5.20. The maximum absolute atomic E-state index is 13.5. The van der Waals surface area contributed by atoms with Gasteiger partial charge in [-0.15, -0.1) is 0 Å². The molecule has 0 aromatic heterocycles. The highest BCUT2D eigenvalue weighted by Crippen LogP contribution is 2.49. The Morgan fingerprint density at radius 1 is 1.09 bits per heavy atom. The minimum Gasteiger partial charge on any atom is -0.465 e. The molecular weight excluding hydrogens is 464 g/mol. The van der Waals surface area contributed by atoms with Crippen molar-refractivity contribution in [1.29, 1.82) is 0 Å². The third kappa shape index (κ3) is 5.00. The fraction of sp³-hybridized carbons (Fsp3) is 0.481. The Morgan fingerprint density at radius 2 is 1.71 bits per heavy atom. The Morgan fingerprint density at radius 3 is 2.29 bits per heavy atom. The average Bonchev–Trinajstić information content (AvgIpc) is 3.61. The molecule has 7 nitrogen and oxygen atoms in total. The second-order valence-electron chi connectivity index (χ2n) is 9.80. The number of carbonyl (C=O) groups is 2. The first-order valence-corrected chi connectivity index (χ1v) is 13.7. The van der Waals surface area contributed by atoms with E-state index in [9.17, 15) is 18.0 Å². The molecule has 1 saturated carbocycles. The lowest BCUT2D eigenvalue weighted by atomic mass is 9.95. The maximum atomic E-state index is 13.5. The molecule has 8 heteroatoms. The van der Waals surface area contributed by atoms with Crippen LogP contribution in [-0.2, 0) is 29.8 Å². The molecule has 0 spiro atoms. The monoisotopic (exact) mass is 498 g/mol. The van der Waals surface area contributed by atoms with Crippen LogP contribution >= 0.6 is 0 Å². The molecule has 1 aliphatic heterocycles. The Hall–Kier alpha value is -2.71. The number of ether oxygens (including phenoxy) is 1. The van der Waals surface area contributed by atoms with Crippen molar-refractivity contribution in [2.45, 2.75) is 63.7 Å². The number of hydrogen-bond acceptors (Lipinski definition) is 5. The zero-order chi connectivity index (χ0) is 25.4. The molecule has 1 heterocycles. The number of piperidine rings is 1. The molecule has 1 N–H and O–H groups in total. The summed E-state index contributed by atoms with van der Waals surface area (Å²) in [7, 11) is -3.70. The van der Waals surface area contributed by atoms with Crippen molar-refractivity contribution >= 4 is 27.6 Å². The highest BCUT2D eigenvalue weighted by atomic mass is 32.2. The van der Waals surface area contributed by atoms with Crippen LogP contribution in [-0.4, -0.2) is 44.3 Å². The summed E-state index contributed by atoms with van der Waals surface area (Å²) in [6.45, 7) is 8.30. The molecule has 2 aromatic carbocycles. The van der Waals surface area contributed by atoms with Gasteiger partial charge in [0.1, 0.15) is 0 Å². The van der Waals surface area contributed by atoms with E-state index < -0.39 is 21.4 Å². The van der Waals surface area contributed by atoms with Crippen molar-refractivity contribution in [1.82, 2.24) is 4.31 Å². The second kappa shape index (κ2) is 9.74. The minimum absolute atomic E-state index is 0.158. The van der Waals surface area contributed by atoms with Gasteiger partial charge in [-0.1, -0.05) is 29.8 Å². The fourth-order valence-corrected chi connectivity index (χ4v) is 7.13. The van der Waals surface area contributed by atoms with Crippen LogP contribution in [0.15, 0.2) is 41.3 Å². The van der Waals surface area contributed by atoms with Crippen molar-refractivity contribution in [2.24, 2.45) is 5.92 Å². The summed E-state index contributed by atoms with van der Waals surface area (Å²) in [5.74, 6) is -0.820. The number of benzene rings is 2. The van der Waals surface area contributed by atoms with Crippen LogP contribution in [0.25, 0.3) is 0 Å². The molecule has 1 aliphatic carbocycles. The molecule has 2 aliphatic rings. The molecule has 0 bridgehead atoms. The number of aryl methyl sites for hydroxylation is 3. The average molecular weight is 499 g/mol. The lowest BCUT2D eigenvalue weighted by Gasteiger charge is -2.32. The van der Waals surface area contributed by atoms with Crippen molar-refractivity contribution in [3.05, 3.63) is 58.7 Å². The van der Waals surface area contributed by atoms with E-state index in [1.54, 1.807) is 19.1 Å². The minimum atomic E-state index is -3.70. The van der Waals surface area contributed by atoms with Gasteiger partial charge < -0.3 is 10.1 Å². The number of hydrogen-bond donors (Lipinski definition) is 1. The summed E-state index contributed by atoms with van der Waals surface area (Å²) in [4.78, 5) is 25.7. The summed E-state index contributed by atoms with van der Waals surface area (Å²) >= 11 is 0. The topological polar surface area (TPSA) is 92.8 Å². The highest BCUT2D eigenvalue weighted by molar-refractivity contribution is 7.89. The normalized spacial score (nSPS) is 19.7. The SMILES string of the molecule is CCOC(=O)C1(c2ccc(NC(=O)C3CCCN(S(=O)(=O)c4c(C)cc(C)cc4C)C3)cc2)CC1. The Kier molecular flexibility index (Phi) is 7.06. The predicted molar refractivity (Wildman–Crippen MR) is 135 cm³/mol. The number of nitrogens with zero attached hydrogens (tertiary/aromatic N) is 1. The maximum Gasteiger partial charge on any atom is 0.316 e. The van der Waals surface area contributed by atoms with Crippen LogP contribution in [0, 0.1) is 26.7 Å². The Balaban J connectivity index is 1.44. The first kappa shape index (κ1) is 25.4. The van der Waals surface area contributed by atoms with Crippen LogP contribution in [0.1, 0.15) is 54.9 Å². The summed E-state index contributed by atoms with van der Waals surface area (Å²) < 4.78 is 33.6. The van der Waals surface area contributed by atoms with Gasteiger partial charge in [-0.3, -0.25) is 9.59 Å². The molecule has 1 atom stereocenters. The van der Waals surface area contributed by atoms with E-state index in [0.717, 1.165) is 35.1 Å². The highest BCUT2D eigenvalue weighted by Gasteiger charge is 2.52. The standard InChI is InChI=1S/C27H34N2O5S/c1-5-34-26(31)27(12-13-27)22-8-10-23(11-9-22)28-25(30)21-7-6-14-29(17-21)35(32,33)24-19(3)15-18(2)16-20(24)4/h8-11,15-16,21H,5-7,12-14,17H2,1-4H3,(H,28,30). The van der Waals surface area contributed by atoms with Gasteiger partial charge in [0, 0.05) is 18.8 Å². The van der Waals surface area contributed by atoms with Crippen molar-refractivity contribution < 1.29 is 22.7 Å². The number of anilines is 1. The van der Waals surface area contributed by atoms with Crippen LogP contribution in [0.2, 0.25) is 0 Å². The largest absolute Gasteiger partial charge is 0.465 e. The lowest BCUT2D eigenvalue weighted by molar-refractivity contribution is -0.146. The van der Waals surface area contributed by atoms with Gasteiger partial charge >= 0.3 is 5.97 Å². The van der Waals surface area contributed by atoms with E-state index >= 15 is 0 Å². The quantitative estimate of drug-likeness (QED) is 0.576. The Labute approximate surface area is 207 Å². The summed E-state index contributed by atoms with van der Waals surface area (Å²) in [6, 6.07) is 11.1. The summed E-state index contributed by atoms with van der Waals surface area (Å²) in [6.07, 6.45) is 2.80. The van der Waals surface area contributed by atoms with E-state index in [2.05, 4.69) is 5.32 Å². The third-order valence-electron chi connectivity index (χ3n) is 7.08. The Bertz CT molecular complexity index is 1210. The molecular formula is C27H34N2O5S. The lowest BCUT2D eigenvalue weighted by Crippen LogP contribution is -2.44. The number of amides is 1. The van der Waals surface area contributed by atoms with Crippen LogP contribution in [0.4, 0.5) is 5.69 Å². The van der Waals surface area contributed by atoms with Crippen LogP contribution in [0.3, 0.4) is 0 Å². The van der Waals surface area contributed by atoms with Crippen LogP contribution < -0.4 is 5.32 Å². The van der Waals surface area contributed by atoms with Crippen LogP contribution in [0.5, 0.6) is 0 Å². The van der Waals surface area contributed by atoms with E-state index in [0.29, 0.717) is 36.6 Å². The number of sulfonamides is 1. The van der Waals surface area contributed by atoms with Gasteiger partial charge in [0.05, 0.1) is 22.8 Å². The number of rotatable bonds is 7. The molecule has 0 radical (unpaired) electrons. The first-order valence-electron chi connectivity index (χ1n) is 12.2. The number of nitrogens with one attached hydrogen (secondary N) is 1. The zero-order valence-electron chi connectivity index (χ0n) is 20.9. The van der Waals surface area contributed by atoms with Gasteiger partial charge in [0.15, 0.2) is 0 Å². The van der Waals surface area contributed by atoms with Gasteiger partial charge in [-0.2, -0.15) is 4.31 Å². The molecule has 1 saturated heterocycles. The molecule has 1 amide bonds. The van der Waals surface area contributed by atoms with E-state index in [-0.39, 0.29) is 18.4 Å². The van der Waals surface area contributed by atoms with Gasteiger partial charge in [-0.05, 0) is 82.2 Å². The van der Waals surface area contributed by atoms with E-state index in [4.69, 9.17) is 4.74 Å². The summed E-state index contributed by atoms with van der Waals surface area (Å²) in [5.41, 5.74) is 3.45. The van der Waals surface area contributed by atoms with Gasteiger partial charge in [0.2, 0.25) is 15.9 Å². The van der Waals surface area contributed by atoms with Gasteiger partial charge in [-0.25, -0.2) is 8.42 Å². The van der Waals surface area contributed by atoms with E-state index in [1.807, 2.05) is 45.0 Å². The summed E-state index contributed by atoms with van der Waals surface area (Å²) in [5, 5.41) is 2.93. The number of carbonyl (C=O) groups excluding carboxylic acids is 2. The van der Waals surface area contributed by atoms with Crippen molar-refractivity contribution in [3.63, 3.8) is 0 Å². The third-order valence-corrected chi connectivity index (χ3v) is 9.25. The smallest absolute Gasteiger partial charge is 0.316 e. The first-order chi connectivity index (χ1) is 16.6. The molecule has 188 valence electrons. The second-order valence-corrected chi connectivity index (χ2v) is 11.7. The zero-order valence-corrected chi connectivity index (χ0v) is 21.7. The molecule has 2 fully saturated rings. The number of esters is 1. The van der Waals surface area contributed by atoms with Crippen molar-refractivity contribution in [2.75, 3.05) is 25.0 Å². The van der Waals surface area contributed by atoms with E-state index in [1.165, 1.54) is 4.31 Å². The van der Waals surface area contributed by atoms with Crippen molar-refractivity contribution in [3.8, 4) is 0 Å².